The van der Waals surface area contributed by atoms with Gasteiger partial charge in [-0.3, -0.25) is 14.5 Å². The number of nitrogens with one attached hydrogen (secondary N) is 2. The summed E-state index contributed by atoms with van der Waals surface area (Å²) in [6, 6.07) is 6.36. The number of ether oxygens (including phenoxy) is 1. The van der Waals surface area contributed by atoms with Crippen molar-refractivity contribution in [1.29, 1.82) is 0 Å². The van der Waals surface area contributed by atoms with E-state index in [0.29, 0.717) is 19.5 Å². The molecule has 0 aliphatic heterocycles. The molecular weight excluding hydrogens is 344 g/mol. The number of benzene rings is 1. The van der Waals surface area contributed by atoms with Gasteiger partial charge in [-0.25, -0.2) is 0 Å². The van der Waals surface area contributed by atoms with Gasteiger partial charge in [0.05, 0.1) is 13.1 Å². The predicted octanol–water partition coefficient (Wildman–Crippen LogP) is 1.79. The van der Waals surface area contributed by atoms with E-state index in [4.69, 9.17) is 0 Å². The highest BCUT2D eigenvalue weighted by atomic mass is 19.3. The first-order valence-corrected chi connectivity index (χ1v) is 8.62. The molecule has 1 aromatic rings. The van der Waals surface area contributed by atoms with Gasteiger partial charge in [-0.05, 0) is 44.5 Å². The van der Waals surface area contributed by atoms with E-state index in [9.17, 15) is 18.4 Å². The summed E-state index contributed by atoms with van der Waals surface area (Å²) in [7, 11) is 0. The molecule has 0 saturated heterocycles. The van der Waals surface area contributed by atoms with Gasteiger partial charge in [-0.15, -0.1) is 0 Å². The molecule has 0 unspecified atom stereocenters. The summed E-state index contributed by atoms with van der Waals surface area (Å²) in [5.74, 6) is -0.173. The number of amides is 2. The fraction of sp³-hybridized carbons (Fsp3) is 0.556. The maximum absolute atomic E-state index is 12.1. The molecule has 1 aromatic carbocycles. The van der Waals surface area contributed by atoms with Crippen molar-refractivity contribution in [3.05, 3.63) is 29.8 Å². The normalized spacial score (nSPS) is 11.1. The largest absolute Gasteiger partial charge is 0.435 e. The minimum Gasteiger partial charge on any atom is -0.435 e. The van der Waals surface area contributed by atoms with Crippen molar-refractivity contribution in [2.45, 2.75) is 39.8 Å². The lowest BCUT2D eigenvalue weighted by molar-refractivity contribution is -0.125. The molecule has 1 rings (SSSR count). The monoisotopic (exact) mass is 371 g/mol. The number of likely N-dealkylation sites (N-methyl/N-ethyl adjacent to an activating group) is 1. The van der Waals surface area contributed by atoms with Crippen molar-refractivity contribution in [3.63, 3.8) is 0 Å². The van der Waals surface area contributed by atoms with E-state index in [2.05, 4.69) is 15.4 Å². The Balaban J connectivity index is 2.33. The van der Waals surface area contributed by atoms with Gasteiger partial charge in [-0.1, -0.05) is 19.1 Å². The predicted molar refractivity (Wildman–Crippen MR) is 95.2 cm³/mol. The van der Waals surface area contributed by atoms with Crippen molar-refractivity contribution < 1.29 is 23.1 Å². The van der Waals surface area contributed by atoms with Crippen LogP contribution in [0.3, 0.4) is 0 Å². The van der Waals surface area contributed by atoms with Crippen molar-refractivity contribution in [3.8, 4) is 5.75 Å². The Labute approximate surface area is 152 Å². The number of halogens is 2. The highest BCUT2D eigenvalue weighted by molar-refractivity contribution is 5.81. The first kappa shape index (κ1) is 21.8. The highest BCUT2D eigenvalue weighted by Gasteiger charge is 2.13. The molecule has 6 nitrogen and oxygen atoms in total. The number of carbonyl (C=O) groups excluding carboxylic acids is 2. The Morgan fingerprint density at radius 1 is 1.12 bits per heavy atom. The van der Waals surface area contributed by atoms with E-state index in [1.54, 1.807) is 17.0 Å². The lowest BCUT2D eigenvalue weighted by Crippen LogP contribution is -2.44. The molecule has 0 aromatic heterocycles. The lowest BCUT2D eigenvalue weighted by Gasteiger charge is -2.20. The smallest absolute Gasteiger partial charge is 0.387 e. The van der Waals surface area contributed by atoms with E-state index in [-0.39, 0.29) is 36.7 Å². The van der Waals surface area contributed by atoms with Crippen molar-refractivity contribution in [2.75, 3.05) is 26.2 Å². The van der Waals surface area contributed by atoms with Crippen molar-refractivity contribution >= 4 is 11.8 Å². The first-order chi connectivity index (χ1) is 12.3. The van der Waals surface area contributed by atoms with Gasteiger partial charge in [0.25, 0.3) is 0 Å². The van der Waals surface area contributed by atoms with Gasteiger partial charge in [0.1, 0.15) is 5.75 Å². The molecule has 0 aliphatic rings. The second-order valence-corrected chi connectivity index (χ2v) is 6.15. The van der Waals surface area contributed by atoms with E-state index in [1.807, 2.05) is 20.8 Å². The first-order valence-electron chi connectivity index (χ1n) is 8.62. The van der Waals surface area contributed by atoms with Gasteiger partial charge in [0.2, 0.25) is 11.8 Å². The number of carbonyl (C=O) groups is 2. The number of nitrogens with zero attached hydrogens (tertiary/aromatic N) is 1. The van der Waals surface area contributed by atoms with Gasteiger partial charge in [0, 0.05) is 12.6 Å². The van der Waals surface area contributed by atoms with Crippen LogP contribution in [-0.2, 0) is 16.0 Å². The SMILES string of the molecule is CCN(CC(=O)NCCc1ccc(OC(F)F)cc1)CC(=O)NC(C)C. The van der Waals surface area contributed by atoms with E-state index >= 15 is 0 Å². The van der Waals surface area contributed by atoms with Crippen LogP contribution in [0.2, 0.25) is 0 Å². The van der Waals surface area contributed by atoms with Crippen LogP contribution in [0.15, 0.2) is 24.3 Å². The van der Waals surface area contributed by atoms with Crippen molar-refractivity contribution in [2.24, 2.45) is 0 Å². The van der Waals surface area contributed by atoms with Crippen LogP contribution in [0.4, 0.5) is 8.78 Å². The Kier molecular flexibility index (Phi) is 9.57. The minimum atomic E-state index is -2.84. The molecule has 0 atom stereocenters. The number of hydrogen-bond acceptors (Lipinski definition) is 4. The van der Waals surface area contributed by atoms with Gasteiger partial charge < -0.3 is 15.4 Å². The Morgan fingerprint density at radius 2 is 1.73 bits per heavy atom. The molecule has 0 spiro atoms. The van der Waals surface area contributed by atoms with E-state index in [1.165, 1.54) is 12.1 Å². The molecule has 0 heterocycles. The number of alkyl halides is 2. The van der Waals surface area contributed by atoms with Crippen molar-refractivity contribution in [1.82, 2.24) is 15.5 Å². The zero-order valence-corrected chi connectivity index (χ0v) is 15.4. The molecule has 26 heavy (non-hydrogen) atoms. The summed E-state index contributed by atoms with van der Waals surface area (Å²) in [4.78, 5) is 25.5. The van der Waals surface area contributed by atoms with Crippen LogP contribution in [0, 0.1) is 0 Å². The quantitative estimate of drug-likeness (QED) is 0.622. The van der Waals surface area contributed by atoms with Crippen LogP contribution in [0.1, 0.15) is 26.3 Å². The third-order valence-electron chi connectivity index (χ3n) is 3.52. The molecule has 8 heteroatoms. The summed E-state index contributed by atoms with van der Waals surface area (Å²) in [5, 5.41) is 5.59. The van der Waals surface area contributed by atoms with Crippen LogP contribution in [-0.4, -0.2) is 55.5 Å². The minimum absolute atomic E-state index is 0.0625. The lowest BCUT2D eigenvalue weighted by atomic mass is 10.1. The fourth-order valence-electron chi connectivity index (χ4n) is 2.29. The summed E-state index contributed by atoms with van der Waals surface area (Å²) >= 11 is 0. The van der Waals surface area contributed by atoms with Gasteiger partial charge in [0.15, 0.2) is 0 Å². The topological polar surface area (TPSA) is 70.7 Å². The van der Waals surface area contributed by atoms with Crippen LogP contribution >= 0.6 is 0 Å². The molecule has 146 valence electrons. The fourth-order valence-corrected chi connectivity index (χ4v) is 2.29. The maximum atomic E-state index is 12.1. The second-order valence-electron chi connectivity index (χ2n) is 6.15. The molecule has 0 radical (unpaired) electrons. The number of rotatable bonds is 11. The maximum Gasteiger partial charge on any atom is 0.387 e. The molecule has 2 amide bonds. The Morgan fingerprint density at radius 3 is 2.27 bits per heavy atom. The molecule has 0 aliphatic carbocycles. The summed E-state index contributed by atoms with van der Waals surface area (Å²) in [6.45, 7) is 4.13. The third-order valence-corrected chi connectivity index (χ3v) is 3.52. The summed E-state index contributed by atoms with van der Waals surface area (Å²) in [5.41, 5.74) is 0.899. The molecule has 0 saturated carbocycles. The molecule has 2 N–H and O–H groups in total. The Hall–Kier alpha value is -2.22. The zero-order chi connectivity index (χ0) is 19.5. The summed E-state index contributed by atoms with van der Waals surface area (Å²) < 4.78 is 28.5. The van der Waals surface area contributed by atoms with E-state index in [0.717, 1.165) is 5.56 Å². The highest BCUT2D eigenvalue weighted by Crippen LogP contribution is 2.14. The third kappa shape index (κ3) is 9.31. The molecule has 0 fully saturated rings. The average Bonchev–Trinajstić information content (AvgIpc) is 2.54. The van der Waals surface area contributed by atoms with Crippen LogP contribution in [0.25, 0.3) is 0 Å². The molecule has 0 bridgehead atoms. The standard InChI is InChI=1S/C18H27F2N3O3/c1-4-23(12-17(25)22-13(2)3)11-16(24)21-10-9-14-5-7-15(8-6-14)26-18(19)20/h5-8,13,18H,4,9-12H2,1-3H3,(H,21,24)(H,22,25). The molecular formula is C18H27F2N3O3. The van der Waals surface area contributed by atoms with E-state index < -0.39 is 6.61 Å². The van der Waals surface area contributed by atoms with Gasteiger partial charge >= 0.3 is 6.61 Å². The zero-order valence-electron chi connectivity index (χ0n) is 15.4. The Bertz CT molecular complexity index is 565. The number of hydrogen-bond donors (Lipinski definition) is 2. The van der Waals surface area contributed by atoms with Crippen LogP contribution < -0.4 is 15.4 Å². The van der Waals surface area contributed by atoms with Crippen LogP contribution in [0.5, 0.6) is 5.75 Å². The van der Waals surface area contributed by atoms with Gasteiger partial charge in [-0.2, -0.15) is 8.78 Å². The average molecular weight is 371 g/mol. The summed E-state index contributed by atoms with van der Waals surface area (Å²) in [6.07, 6.45) is 0.570. The second kappa shape index (κ2) is 11.4.